The highest BCUT2D eigenvalue weighted by Crippen LogP contribution is 2.10. The van der Waals surface area contributed by atoms with Gasteiger partial charge in [-0.2, -0.15) is 8.42 Å². The zero-order chi connectivity index (χ0) is 10.6. The summed E-state index contributed by atoms with van der Waals surface area (Å²) < 4.78 is 30.4. The molecule has 4 nitrogen and oxygen atoms in total. The molecule has 0 aliphatic rings. The van der Waals surface area contributed by atoms with Gasteiger partial charge in [0.05, 0.1) is 4.90 Å². The predicted molar refractivity (Wildman–Crippen MR) is 53.6 cm³/mol. The average molecular weight is 215 g/mol. The maximum absolute atomic E-state index is 10.8. The number of rotatable bonds is 4. The van der Waals surface area contributed by atoms with Crippen molar-refractivity contribution in [2.75, 3.05) is 6.54 Å². The molecule has 1 aromatic carbocycles. The van der Waals surface area contributed by atoms with E-state index in [4.69, 9.17) is 4.55 Å². The highest BCUT2D eigenvalue weighted by Gasteiger charge is 2.08. The molecule has 14 heavy (non-hydrogen) atoms. The second-order valence-corrected chi connectivity index (χ2v) is 4.32. The number of hydrogen-bond acceptors (Lipinski definition) is 3. The lowest BCUT2D eigenvalue weighted by Gasteiger charge is -2.03. The normalized spacial score (nSPS) is 11.6. The lowest BCUT2D eigenvalue weighted by atomic mass is 10.2. The molecule has 0 unspecified atom stereocenters. The van der Waals surface area contributed by atoms with Crippen molar-refractivity contribution in [3.8, 4) is 0 Å². The summed E-state index contributed by atoms with van der Waals surface area (Å²) in [5, 5.41) is 3.07. The molecule has 0 amide bonds. The third-order valence-electron chi connectivity index (χ3n) is 1.78. The zero-order valence-corrected chi connectivity index (χ0v) is 8.71. The fourth-order valence-electron chi connectivity index (χ4n) is 1.09. The maximum atomic E-state index is 10.8. The van der Waals surface area contributed by atoms with Crippen molar-refractivity contribution in [2.24, 2.45) is 0 Å². The molecule has 0 aliphatic carbocycles. The predicted octanol–water partition coefficient (Wildman–Crippen LogP) is 1.04. The Bertz CT molecular complexity index is 400. The SMILES string of the molecule is CCNCc1cccc(S(=O)(=O)O)c1. The maximum Gasteiger partial charge on any atom is 0.294 e. The molecule has 0 aromatic heterocycles. The topological polar surface area (TPSA) is 66.4 Å². The van der Waals surface area contributed by atoms with Crippen LogP contribution in [0.4, 0.5) is 0 Å². The van der Waals surface area contributed by atoms with Crippen molar-refractivity contribution in [3.05, 3.63) is 29.8 Å². The van der Waals surface area contributed by atoms with Crippen LogP contribution in [0.2, 0.25) is 0 Å². The minimum atomic E-state index is -4.08. The summed E-state index contributed by atoms with van der Waals surface area (Å²) in [4.78, 5) is -0.0621. The zero-order valence-electron chi connectivity index (χ0n) is 7.90. The molecule has 0 radical (unpaired) electrons. The Balaban J connectivity index is 2.90. The van der Waals surface area contributed by atoms with E-state index in [0.717, 1.165) is 12.1 Å². The van der Waals surface area contributed by atoms with Gasteiger partial charge in [-0.25, -0.2) is 0 Å². The average Bonchev–Trinajstić information content (AvgIpc) is 2.14. The van der Waals surface area contributed by atoms with Crippen molar-refractivity contribution < 1.29 is 13.0 Å². The van der Waals surface area contributed by atoms with Crippen LogP contribution in [0.3, 0.4) is 0 Å². The molecule has 0 aliphatic heterocycles. The molecule has 1 rings (SSSR count). The molecule has 0 bridgehead atoms. The van der Waals surface area contributed by atoms with Gasteiger partial charge < -0.3 is 5.32 Å². The van der Waals surface area contributed by atoms with E-state index in [1.165, 1.54) is 12.1 Å². The Morgan fingerprint density at radius 1 is 1.43 bits per heavy atom. The van der Waals surface area contributed by atoms with E-state index < -0.39 is 10.1 Å². The van der Waals surface area contributed by atoms with Crippen molar-refractivity contribution in [2.45, 2.75) is 18.4 Å². The van der Waals surface area contributed by atoms with Gasteiger partial charge in [0, 0.05) is 6.54 Å². The van der Waals surface area contributed by atoms with Gasteiger partial charge in [0.2, 0.25) is 0 Å². The molecule has 0 heterocycles. The Morgan fingerprint density at radius 3 is 2.71 bits per heavy atom. The van der Waals surface area contributed by atoms with Crippen molar-refractivity contribution in [1.82, 2.24) is 5.32 Å². The monoisotopic (exact) mass is 215 g/mol. The van der Waals surface area contributed by atoms with Crippen LogP contribution < -0.4 is 5.32 Å². The third kappa shape index (κ3) is 3.10. The third-order valence-corrected chi connectivity index (χ3v) is 2.63. The molecular formula is C9H13NO3S. The molecule has 78 valence electrons. The van der Waals surface area contributed by atoms with Gasteiger partial charge in [0.25, 0.3) is 10.1 Å². The fraction of sp³-hybridized carbons (Fsp3) is 0.333. The summed E-state index contributed by atoms with van der Waals surface area (Å²) in [5.74, 6) is 0. The highest BCUT2D eigenvalue weighted by atomic mass is 32.2. The van der Waals surface area contributed by atoms with Crippen LogP contribution >= 0.6 is 0 Å². The van der Waals surface area contributed by atoms with E-state index in [-0.39, 0.29) is 4.90 Å². The smallest absolute Gasteiger partial charge is 0.294 e. The highest BCUT2D eigenvalue weighted by molar-refractivity contribution is 7.85. The van der Waals surface area contributed by atoms with E-state index >= 15 is 0 Å². The molecule has 2 N–H and O–H groups in total. The Kier molecular flexibility index (Phi) is 3.62. The minimum Gasteiger partial charge on any atom is -0.313 e. The van der Waals surface area contributed by atoms with Gasteiger partial charge in [0.1, 0.15) is 0 Å². The van der Waals surface area contributed by atoms with Crippen LogP contribution in [-0.2, 0) is 16.7 Å². The van der Waals surface area contributed by atoms with Crippen molar-refractivity contribution >= 4 is 10.1 Å². The lowest BCUT2D eigenvalue weighted by Crippen LogP contribution is -2.12. The number of hydrogen-bond donors (Lipinski definition) is 2. The van der Waals surface area contributed by atoms with Crippen molar-refractivity contribution in [3.63, 3.8) is 0 Å². The summed E-state index contributed by atoms with van der Waals surface area (Å²) in [6.45, 7) is 3.38. The molecule has 1 aromatic rings. The van der Waals surface area contributed by atoms with Crippen LogP contribution in [0, 0.1) is 0 Å². The van der Waals surface area contributed by atoms with E-state index in [1.54, 1.807) is 12.1 Å². The van der Waals surface area contributed by atoms with E-state index in [1.807, 2.05) is 6.92 Å². The van der Waals surface area contributed by atoms with Gasteiger partial charge in [0.15, 0.2) is 0 Å². The van der Waals surface area contributed by atoms with Crippen LogP contribution in [0.15, 0.2) is 29.2 Å². The summed E-state index contributed by atoms with van der Waals surface area (Å²) >= 11 is 0. The van der Waals surface area contributed by atoms with Gasteiger partial charge in [-0.1, -0.05) is 19.1 Å². The molecule has 0 spiro atoms. The van der Waals surface area contributed by atoms with Crippen molar-refractivity contribution in [1.29, 1.82) is 0 Å². The second-order valence-electron chi connectivity index (χ2n) is 2.90. The fourth-order valence-corrected chi connectivity index (χ4v) is 1.64. The van der Waals surface area contributed by atoms with Crippen LogP contribution in [0.1, 0.15) is 12.5 Å². The molecule has 0 saturated carbocycles. The number of benzene rings is 1. The summed E-state index contributed by atoms with van der Waals surface area (Å²) in [6.07, 6.45) is 0. The lowest BCUT2D eigenvalue weighted by molar-refractivity contribution is 0.483. The first-order valence-electron chi connectivity index (χ1n) is 4.31. The quantitative estimate of drug-likeness (QED) is 0.736. The standard InChI is InChI=1S/C9H13NO3S/c1-2-10-7-8-4-3-5-9(6-8)14(11,12)13/h3-6,10H,2,7H2,1H3,(H,11,12,13). The van der Waals surface area contributed by atoms with E-state index in [9.17, 15) is 8.42 Å². The first-order valence-corrected chi connectivity index (χ1v) is 5.75. The van der Waals surface area contributed by atoms with Gasteiger partial charge >= 0.3 is 0 Å². The molecule has 0 saturated heterocycles. The van der Waals surface area contributed by atoms with Gasteiger partial charge in [-0.15, -0.1) is 0 Å². The largest absolute Gasteiger partial charge is 0.313 e. The summed E-state index contributed by atoms with van der Waals surface area (Å²) in [5.41, 5.74) is 0.835. The Morgan fingerprint density at radius 2 is 2.14 bits per heavy atom. The van der Waals surface area contributed by atoms with Crippen LogP contribution in [0.5, 0.6) is 0 Å². The minimum absolute atomic E-state index is 0.0621. The molecular weight excluding hydrogens is 202 g/mol. The van der Waals surface area contributed by atoms with E-state index in [0.29, 0.717) is 6.54 Å². The number of nitrogens with one attached hydrogen (secondary N) is 1. The molecule has 5 heteroatoms. The second kappa shape index (κ2) is 4.54. The molecule has 0 atom stereocenters. The van der Waals surface area contributed by atoms with Crippen LogP contribution in [-0.4, -0.2) is 19.5 Å². The van der Waals surface area contributed by atoms with Gasteiger partial charge in [-0.3, -0.25) is 4.55 Å². The molecule has 0 fully saturated rings. The van der Waals surface area contributed by atoms with Crippen LogP contribution in [0.25, 0.3) is 0 Å². The summed E-state index contributed by atoms with van der Waals surface area (Å²) in [7, 11) is -4.08. The Hall–Kier alpha value is -0.910. The Labute approximate surface area is 83.7 Å². The first-order chi connectivity index (χ1) is 6.54. The summed E-state index contributed by atoms with van der Waals surface area (Å²) in [6, 6.07) is 6.23. The van der Waals surface area contributed by atoms with Gasteiger partial charge in [-0.05, 0) is 24.2 Å². The first kappa shape index (κ1) is 11.2. The van der Waals surface area contributed by atoms with E-state index in [2.05, 4.69) is 5.32 Å².